The maximum atomic E-state index is 6.18. The van der Waals surface area contributed by atoms with Crippen LogP contribution >= 0.6 is 0 Å². The summed E-state index contributed by atoms with van der Waals surface area (Å²) in [6.45, 7) is 14.3. The average molecular weight is 298 g/mol. The van der Waals surface area contributed by atoms with Crippen LogP contribution in [0.4, 0.5) is 0 Å². The van der Waals surface area contributed by atoms with Crippen molar-refractivity contribution in [2.75, 3.05) is 39.8 Å². The Morgan fingerprint density at radius 3 is 2.19 bits per heavy atom. The quantitative estimate of drug-likeness (QED) is 0.778. The van der Waals surface area contributed by atoms with Crippen molar-refractivity contribution in [2.45, 2.75) is 70.9 Å². The fourth-order valence-electron chi connectivity index (χ4n) is 3.45. The van der Waals surface area contributed by atoms with Crippen LogP contribution in [0.5, 0.6) is 0 Å². The third kappa shape index (κ3) is 6.23. The maximum absolute atomic E-state index is 6.18. The predicted octanol–water partition coefficient (Wildman–Crippen LogP) is 2.38. The van der Waals surface area contributed by atoms with E-state index < -0.39 is 0 Å². The second kappa shape index (κ2) is 7.40. The Morgan fingerprint density at radius 2 is 1.67 bits per heavy atom. The molecule has 2 saturated heterocycles. The van der Waals surface area contributed by atoms with Gasteiger partial charge < -0.3 is 19.3 Å². The standard InChI is InChI=1S/C17H34N2O2/c1-14(20-16-6-9-18(5)13-16)12-19-10-7-15(8-11-19)21-17(2,3)4/h14-16H,6-13H2,1-5H3. The van der Waals surface area contributed by atoms with Gasteiger partial charge in [0.1, 0.15) is 0 Å². The Kier molecular flexibility index (Phi) is 6.06. The van der Waals surface area contributed by atoms with Gasteiger partial charge in [-0.15, -0.1) is 0 Å². The number of hydrogen-bond acceptors (Lipinski definition) is 4. The molecule has 2 heterocycles. The summed E-state index contributed by atoms with van der Waals surface area (Å²) in [4.78, 5) is 4.89. The van der Waals surface area contributed by atoms with Crippen molar-refractivity contribution < 1.29 is 9.47 Å². The molecule has 2 aliphatic rings. The van der Waals surface area contributed by atoms with Gasteiger partial charge in [0, 0.05) is 32.7 Å². The molecular formula is C17H34N2O2. The molecule has 4 nitrogen and oxygen atoms in total. The molecule has 0 bridgehead atoms. The summed E-state index contributed by atoms with van der Waals surface area (Å²) in [6.07, 6.45) is 4.68. The van der Waals surface area contributed by atoms with Crippen LogP contribution in [0.1, 0.15) is 47.0 Å². The second-order valence-electron chi connectivity index (χ2n) is 7.85. The highest BCUT2D eigenvalue weighted by molar-refractivity contribution is 4.78. The van der Waals surface area contributed by atoms with Gasteiger partial charge in [-0.25, -0.2) is 0 Å². The summed E-state index contributed by atoms with van der Waals surface area (Å²) in [5, 5.41) is 0. The third-order valence-electron chi connectivity index (χ3n) is 4.34. The van der Waals surface area contributed by atoms with Gasteiger partial charge in [-0.05, 0) is 54.0 Å². The van der Waals surface area contributed by atoms with E-state index in [1.54, 1.807) is 0 Å². The lowest BCUT2D eigenvalue weighted by atomic mass is 10.1. The van der Waals surface area contributed by atoms with Crippen LogP contribution in [0.2, 0.25) is 0 Å². The van der Waals surface area contributed by atoms with Crippen LogP contribution in [0.3, 0.4) is 0 Å². The van der Waals surface area contributed by atoms with Crippen LogP contribution in [-0.2, 0) is 9.47 Å². The molecule has 2 fully saturated rings. The molecule has 2 aliphatic heterocycles. The summed E-state index contributed by atoms with van der Waals surface area (Å²) >= 11 is 0. The Labute approximate surface area is 130 Å². The molecule has 0 aromatic heterocycles. The van der Waals surface area contributed by atoms with Gasteiger partial charge in [0.15, 0.2) is 0 Å². The first kappa shape index (κ1) is 17.2. The molecule has 0 N–H and O–H groups in total. The van der Waals surface area contributed by atoms with Gasteiger partial charge in [-0.3, -0.25) is 0 Å². The van der Waals surface area contributed by atoms with E-state index >= 15 is 0 Å². The zero-order chi connectivity index (χ0) is 15.5. The van der Waals surface area contributed by atoms with Gasteiger partial charge in [0.2, 0.25) is 0 Å². The summed E-state index contributed by atoms with van der Waals surface area (Å²) < 4.78 is 12.3. The van der Waals surface area contributed by atoms with Crippen molar-refractivity contribution >= 4 is 0 Å². The van der Waals surface area contributed by atoms with Crippen molar-refractivity contribution in [1.82, 2.24) is 9.80 Å². The van der Waals surface area contributed by atoms with E-state index in [9.17, 15) is 0 Å². The van der Waals surface area contributed by atoms with Gasteiger partial charge in [0.05, 0.1) is 23.9 Å². The molecular weight excluding hydrogens is 264 g/mol. The highest BCUT2D eigenvalue weighted by atomic mass is 16.5. The fourth-order valence-corrected chi connectivity index (χ4v) is 3.45. The zero-order valence-corrected chi connectivity index (χ0v) is 14.6. The number of nitrogens with zero attached hydrogens (tertiary/aromatic N) is 2. The first-order valence-electron chi connectivity index (χ1n) is 8.56. The molecule has 21 heavy (non-hydrogen) atoms. The average Bonchev–Trinajstić information content (AvgIpc) is 2.75. The Hall–Kier alpha value is -0.160. The van der Waals surface area contributed by atoms with Gasteiger partial charge in [-0.2, -0.15) is 0 Å². The maximum Gasteiger partial charge on any atom is 0.0718 e. The van der Waals surface area contributed by atoms with Crippen molar-refractivity contribution in [3.8, 4) is 0 Å². The molecule has 0 aromatic rings. The van der Waals surface area contributed by atoms with Crippen molar-refractivity contribution in [1.29, 1.82) is 0 Å². The third-order valence-corrected chi connectivity index (χ3v) is 4.34. The molecule has 2 unspecified atom stereocenters. The molecule has 0 aliphatic carbocycles. The Bertz CT molecular complexity index is 308. The van der Waals surface area contributed by atoms with E-state index in [0.29, 0.717) is 18.3 Å². The first-order valence-corrected chi connectivity index (χ1v) is 8.56. The molecule has 0 aromatic carbocycles. The van der Waals surface area contributed by atoms with E-state index in [-0.39, 0.29) is 5.60 Å². The van der Waals surface area contributed by atoms with Crippen LogP contribution in [0.15, 0.2) is 0 Å². The molecule has 0 amide bonds. The molecule has 0 saturated carbocycles. The van der Waals surface area contributed by atoms with Crippen LogP contribution < -0.4 is 0 Å². The zero-order valence-electron chi connectivity index (χ0n) is 14.6. The van der Waals surface area contributed by atoms with Crippen molar-refractivity contribution in [3.63, 3.8) is 0 Å². The van der Waals surface area contributed by atoms with E-state index in [2.05, 4.69) is 44.5 Å². The first-order chi connectivity index (χ1) is 9.82. The SMILES string of the molecule is CC(CN1CCC(OC(C)(C)C)CC1)OC1CCN(C)C1. The van der Waals surface area contributed by atoms with Crippen LogP contribution in [0.25, 0.3) is 0 Å². The lowest BCUT2D eigenvalue weighted by Gasteiger charge is -2.36. The van der Waals surface area contributed by atoms with Crippen LogP contribution in [0, 0.1) is 0 Å². The monoisotopic (exact) mass is 298 g/mol. The number of ether oxygens (including phenoxy) is 2. The summed E-state index contributed by atoms with van der Waals surface area (Å²) in [5.74, 6) is 0. The molecule has 124 valence electrons. The molecule has 0 radical (unpaired) electrons. The number of likely N-dealkylation sites (N-methyl/N-ethyl adjacent to an activating group) is 1. The fraction of sp³-hybridized carbons (Fsp3) is 1.00. The minimum absolute atomic E-state index is 0.0161. The minimum atomic E-state index is -0.0161. The smallest absolute Gasteiger partial charge is 0.0718 e. The van der Waals surface area contributed by atoms with Crippen molar-refractivity contribution in [3.05, 3.63) is 0 Å². The Morgan fingerprint density at radius 1 is 1.05 bits per heavy atom. The summed E-state index contributed by atoms with van der Waals surface area (Å²) in [6, 6.07) is 0. The minimum Gasteiger partial charge on any atom is -0.373 e. The number of likely N-dealkylation sites (tertiary alicyclic amines) is 2. The summed E-state index contributed by atoms with van der Waals surface area (Å²) in [7, 11) is 2.17. The van der Waals surface area contributed by atoms with Gasteiger partial charge in [-0.1, -0.05) is 0 Å². The number of hydrogen-bond donors (Lipinski definition) is 0. The van der Waals surface area contributed by atoms with E-state index in [0.717, 1.165) is 39.0 Å². The lowest BCUT2D eigenvalue weighted by Crippen LogP contribution is -2.43. The van der Waals surface area contributed by atoms with Crippen molar-refractivity contribution in [2.24, 2.45) is 0 Å². The topological polar surface area (TPSA) is 24.9 Å². The van der Waals surface area contributed by atoms with Crippen LogP contribution in [-0.4, -0.2) is 73.5 Å². The molecule has 0 spiro atoms. The lowest BCUT2D eigenvalue weighted by molar-refractivity contribution is -0.0876. The highest BCUT2D eigenvalue weighted by Gasteiger charge is 2.26. The molecule has 4 heteroatoms. The summed E-state index contributed by atoms with van der Waals surface area (Å²) in [5.41, 5.74) is -0.0161. The molecule has 2 rings (SSSR count). The number of piperidine rings is 1. The van der Waals surface area contributed by atoms with E-state index in [4.69, 9.17) is 9.47 Å². The van der Waals surface area contributed by atoms with Gasteiger partial charge in [0.25, 0.3) is 0 Å². The molecule has 2 atom stereocenters. The predicted molar refractivity (Wildman–Crippen MR) is 86.7 cm³/mol. The van der Waals surface area contributed by atoms with E-state index in [1.165, 1.54) is 13.0 Å². The highest BCUT2D eigenvalue weighted by Crippen LogP contribution is 2.21. The van der Waals surface area contributed by atoms with Gasteiger partial charge >= 0.3 is 0 Å². The largest absolute Gasteiger partial charge is 0.373 e. The Balaban J connectivity index is 1.64. The number of rotatable bonds is 5. The normalized spacial score (nSPS) is 28.1. The second-order valence-corrected chi connectivity index (χ2v) is 7.85. The van der Waals surface area contributed by atoms with E-state index in [1.807, 2.05) is 0 Å².